The minimum atomic E-state index is -2.86. The Morgan fingerprint density at radius 2 is 1.86 bits per heavy atom. The SMILES string of the molecule is NC(=O)C1(NC2CC2)CCCC(N2CCS(=O)(=O)CC2)C1. The number of nitrogens with one attached hydrogen (secondary N) is 1. The molecule has 0 spiro atoms. The molecule has 2 unspecified atom stereocenters. The van der Waals surface area contributed by atoms with Gasteiger partial charge in [0.2, 0.25) is 5.91 Å². The quantitative estimate of drug-likeness (QED) is 0.739. The van der Waals surface area contributed by atoms with Crippen LogP contribution in [-0.4, -0.2) is 61.4 Å². The van der Waals surface area contributed by atoms with Crippen molar-refractivity contribution in [3.63, 3.8) is 0 Å². The maximum Gasteiger partial charge on any atom is 0.237 e. The number of hydrogen-bond donors (Lipinski definition) is 2. The molecule has 0 aromatic heterocycles. The van der Waals surface area contributed by atoms with Gasteiger partial charge in [0.15, 0.2) is 9.84 Å². The predicted octanol–water partition coefficient (Wildman–Crippen LogP) is -0.364. The van der Waals surface area contributed by atoms with E-state index in [0.717, 1.165) is 38.5 Å². The van der Waals surface area contributed by atoms with E-state index >= 15 is 0 Å². The zero-order valence-corrected chi connectivity index (χ0v) is 13.2. The van der Waals surface area contributed by atoms with E-state index in [1.165, 1.54) is 0 Å². The number of amides is 1. The van der Waals surface area contributed by atoms with Gasteiger partial charge in [-0.05, 0) is 38.5 Å². The molecule has 0 bridgehead atoms. The van der Waals surface area contributed by atoms with E-state index in [4.69, 9.17) is 5.73 Å². The third-order valence-electron chi connectivity index (χ3n) is 5.15. The second kappa shape index (κ2) is 5.52. The lowest BCUT2D eigenvalue weighted by Gasteiger charge is -2.44. The van der Waals surface area contributed by atoms with Crippen LogP contribution in [0.5, 0.6) is 0 Å². The number of nitrogens with zero attached hydrogens (tertiary/aromatic N) is 1. The summed E-state index contributed by atoms with van der Waals surface area (Å²) in [6.45, 7) is 1.18. The highest BCUT2D eigenvalue weighted by atomic mass is 32.2. The number of hydrogen-bond acceptors (Lipinski definition) is 5. The second-order valence-corrected chi connectivity index (χ2v) is 9.11. The molecule has 1 amide bonds. The van der Waals surface area contributed by atoms with Crippen LogP contribution in [0.4, 0.5) is 0 Å². The van der Waals surface area contributed by atoms with Crippen molar-refractivity contribution in [2.75, 3.05) is 24.6 Å². The van der Waals surface area contributed by atoms with Crippen molar-refractivity contribution in [1.29, 1.82) is 0 Å². The van der Waals surface area contributed by atoms with Crippen LogP contribution in [0.1, 0.15) is 38.5 Å². The summed E-state index contributed by atoms with van der Waals surface area (Å²) in [6, 6.07) is 0.714. The van der Waals surface area contributed by atoms with Crippen molar-refractivity contribution >= 4 is 15.7 Å². The molecule has 0 aromatic carbocycles. The first-order valence-corrected chi connectivity index (χ1v) is 9.74. The average Bonchev–Trinajstić information content (AvgIpc) is 3.22. The Bertz CT molecular complexity index is 504. The lowest BCUT2D eigenvalue weighted by Crippen LogP contribution is -2.62. The molecule has 3 aliphatic rings. The van der Waals surface area contributed by atoms with Gasteiger partial charge in [-0.3, -0.25) is 9.69 Å². The predicted molar refractivity (Wildman–Crippen MR) is 80.6 cm³/mol. The van der Waals surface area contributed by atoms with Gasteiger partial charge < -0.3 is 11.1 Å². The number of carbonyl (C=O) groups is 1. The molecule has 6 nitrogen and oxygen atoms in total. The van der Waals surface area contributed by atoms with E-state index in [-0.39, 0.29) is 23.5 Å². The fourth-order valence-electron chi connectivity index (χ4n) is 3.69. The third-order valence-corrected chi connectivity index (χ3v) is 6.76. The van der Waals surface area contributed by atoms with Crippen LogP contribution < -0.4 is 11.1 Å². The molecule has 3 fully saturated rings. The highest BCUT2D eigenvalue weighted by Gasteiger charge is 2.46. The fraction of sp³-hybridized carbons (Fsp3) is 0.929. The summed E-state index contributed by atoms with van der Waals surface area (Å²) < 4.78 is 23.1. The van der Waals surface area contributed by atoms with Crippen molar-refractivity contribution in [3.05, 3.63) is 0 Å². The maximum atomic E-state index is 12.0. The Morgan fingerprint density at radius 3 is 2.43 bits per heavy atom. The molecular formula is C14H25N3O3S. The molecule has 0 aromatic rings. The maximum absolute atomic E-state index is 12.0. The number of sulfone groups is 1. The second-order valence-electron chi connectivity index (χ2n) is 6.80. The monoisotopic (exact) mass is 315 g/mol. The lowest BCUT2D eigenvalue weighted by molar-refractivity contribution is -0.126. The summed E-state index contributed by atoms with van der Waals surface area (Å²) >= 11 is 0. The van der Waals surface area contributed by atoms with Crippen LogP contribution in [0.15, 0.2) is 0 Å². The van der Waals surface area contributed by atoms with Crippen molar-refractivity contribution in [3.8, 4) is 0 Å². The standard InChI is InChI=1S/C14H25N3O3S/c15-13(18)14(16-11-3-4-11)5-1-2-12(10-14)17-6-8-21(19,20)9-7-17/h11-12,16H,1-10H2,(H2,15,18). The lowest BCUT2D eigenvalue weighted by atomic mass is 9.77. The van der Waals surface area contributed by atoms with Crippen LogP contribution in [0.3, 0.4) is 0 Å². The molecule has 1 aliphatic heterocycles. The summed E-state index contributed by atoms with van der Waals surface area (Å²) in [5.74, 6) is 0.232. The molecule has 3 N–H and O–H groups in total. The molecule has 120 valence electrons. The van der Waals surface area contributed by atoms with Crippen molar-refractivity contribution in [1.82, 2.24) is 10.2 Å². The van der Waals surface area contributed by atoms with Crippen LogP contribution >= 0.6 is 0 Å². The molecule has 2 atom stereocenters. The van der Waals surface area contributed by atoms with E-state index in [9.17, 15) is 13.2 Å². The van der Waals surface area contributed by atoms with Crippen LogP contribution in [-0.2, 0) is 14.6 Å². The molecule has 2 saturated carbocycles. The Hall–Kier alpha value is -0.660. The van der Waals surface area contributed by atoms with E-state index < -0.39 is 15.4 Å². The number of rotatable bonds is 4. The highest BCUT2D eigenvalue weighted by molar-refractivity contribution is 7.91. The fourth-order valence-corrected chi connectivity index (χ4v) is 4.92. The van der Waals surface area contributed by atoms with Gasteiger partial charge in [-0.2, -0.15) is 0 Å². The Kier molecular flexibility index (Phi) is 4.00. The van der Waals surface area contributed by atoms with Crippen molar-refractivity contribution < 1.29 is 13.2 Å². The highest BCUT2D eigenvalue weighted by Crippen LogP contribution is 2.35. The van der Waals surface area contributed by atoms with Gasteiger partial charge in [0.1, 0.15) is 0 Å². The Morgan fingerprint density at radius 1 is 1.19 bits per heavy atom. The summed E-state index contributed by atoms with van der Waals surface area (Å²) in [5.41, 5.74) is 5.11. The summed E-state index contributed by atoms with van der Waals surface area (Å²) in [5, 5.41) is 3.47. The average molecular weight is 315 g/mol. The van der Waals surface area contributed by atoms with Gasteiger partial charge in [-0.15, -0.1) is 0 Å². The number of nitrogens with two attached hydrogens (primary N) is 1. The van der Waals surface area contributed by atoms with Crippen LogP contribution in [0.25, 0.3) is 0 Å². The Labute approximate surface area is 126 Å². The smallest absolute Gasteiger partial charge is 0.237 e. The zero-order chi connectivity index (χ0) is 15.1. The molecular weight excluding hydrogens is 290 g/mol. The summed E-state index contributed by atoms with van der Waals surface area (Å²) in [4.78, 5) is 14.3. The number of primary amides is 1. The zero-order valence-electron chi connectivity index (χ0n) is 12.4. The molecule has 21 heavy (non-hydrogen) atoms. The summed E-state index contributed by atoms with van der Waals surface area (Å²) in [6.07, 6.45) is 5.78. The van der Waals surface area contributed by atoms with Crippen molar-refractivity contribution in [2.24, 2.45) is 5.73 Å². The minimum Gasteiger partial charge on any atom is -0.368 e. The van der Waals surface area contributed by atoms with E-state index in [2.05, 4.69) is 10.2 Å². The molecule has 3 rings (SSSR count). The molecule has 2 aliphatic carbocycles. The first kappa shape index (κ1) is 15.2. The Balaban J connectivity index is 1.68. The van der Waals surface area contributed by atoms with Gasteiger partial charge in [-0.1, -0.05) is 0 Å². The van der Waals surface area contributed by atoms with Gasteiger partial charge >= 0.3 is 0 Å². The van der Waals surface area contributed by atoms with Crippen LogP contribution in [0.2, 0.25) is 0 Å². The van der Waals surface area contributed by atoms with E-state index in [1.807, 2.05) is 0 Å². The largest absolute Gasteiger partial charge is 0.368 e. The topological polar surface area (TPSA) is 92.5 Å². The van der Waals surface area contributed by atoms with E-state index in [1.54, 1.807) is 0 Å². The summed E-state index contributed by atoms with van der Waals surface area (Å²) in [7, 11) is -2.86. The normalized spacial score (nSPS) is 37.2. The van der Waals surface area contributed by atoms with Gasteiger partial charge in [0, 0.05) is 25.2 Å². The van der Waals surface area contributed by atoms with Gasteiger partial charge in [-0.25, -0.2) is 8.42 Å². The molecule has 7 heteroatoms. The van der Waals surface area contributed by atoms with E-state index in [0.29, 0.717) is 19.1 Å². The van der Waals surface area contributed by atoms with Gasteiger partial charge in [0.25, 0.3) is 0 Å². The first-order valence-electron chi connectivity index (χ1n) is 7.92. The third kappa shape index (κ3) is 3.40. The number of carbonyl (C=O) groups excluding carboxylic acids is 1. The van der Waals surface area contributed by atoms with Crippen molar-refractivity contribution in [2.45, 2.75) is 56.1 Å². The molecule has 1 heterocycles. The van der Waals surface area contributed by atoms with Gasteiger partial charge in [0.05, 0.1) is 17.0 Å². The minimum absolute atomic E-state index is 0.239. The molecule has 0 radical (unpaired) electrons. The van der Waals surface area contributed by atoms with Crippen LogP contribution in [0, 0.1) is 0 Å². The first-order chi connectivity index (χ1) is 9.90. The molecule has 1 saturated heterocycles.